The van der Waals surface area contributed by atoms with Gasteiger partial charge in [0.1, 0.15) is 0 Å². The largest absolute Gasteiger partial charge is 0.493 e. The molecule has 0 saturated carbocycles. The Hall–Kier alpha value is -1.35. The van der Waals surface area contributed by atoms with E-state index in [0.29, 0.717) is 11.5 Å². The molecule has 0 aromatic heterocycles. The second-order valence-electron chi connectivity index (χ2n) is 4.31. The fraction of sp³-hybridized carbons (Fsp3) is 0.538. The summed E-state index contributed by atoms with van der Waals surface area (Å²) < 4.78 is 41.5. The standard InChI is InChI=1S/C13H21NO6S/c1-18-9-10(15)6-7-14-21(16,17)11-4-5-12(19-2)13(8-11)20-3/h4-5,8,10,14-15H,6-7,9H2,1-3H3. The van der Waals surface area contributed by atoms with Crippen LogP contribution in [0, 0.1) is 0 Å². The van der Waals surface area contributed by atoms with Gasteiger partial charge in [-0.15, -0.1) is 0 Å². The number of aliphatic hydroxyl groups excluding tert-OH is 1. The molecule has 7 nitrogen and oxygen atoms in total. The van der Waals surface area contributed by atoms with Crippen molar-refractivity contribution in [1.82, 2.24) is 4.72 Å². The van der Waals surface area contributed by atoms with Gasteiger partial charge in [-0.05, 0) is 18.6 Å². The van der Waals surface area contributed by atoms with Crippen LogP contribution in [0.1, 0.15) is 6.42 Å². The van der Waals surface area contributed by atoms with Crippen molar-refractivity contribution in [2.75, 3.05) is 34.5 Å². The molecule has 0 aliphatic rings. The van der Waals surface area contributed by atoms with Crippen molar-refractivity contribution < 1.29 is 27.7 Å². The van der Waals surface area contributed by atoms with Crippen LogP contribution in [0.5, 0.6) is 11.5 Å². The Morgan fingerprint density at radius 3 is 2.43 bits per heavy atom. The summed E-state index contributed by atoms with van der Waals surface area (Å²) in [5, 5.41) is 9.47. The van der Waals surface area contributed by atoms with E-state index in [9.17, 15) is 13.5 Å². The summed E-state index contributed by atoms with van der Waals surface area (Å²) in [6, 6.07) is 4.33. The third-order valence-corrected chi connectivity index (χ3v) is 4.25. The summed E-state index contributed by atoms with van der Waals surface area (Å²) in [6.45, 7) is 0.277. The number of hydrogen-bond donors (Lipinski definition) is 2. The molecule has 0 heterocycles. The maximum Gasteiger partial charge on any atom is 0.240 e. The van der Waals surface area contributed by atoms with E-state index in [4.69, 9.17) is 14.2 Å². The predicted octanol–water partition coefficient (Wildman–Crippen LogP) is 0.380. The molecule has 0 aliphatic carbocycles. The predicted molar refractivity (Wildman–Crippen MR) is 77.2 cm³/mol. The summed E-state index contributed by atoms with van der Waals surface area (Å²) >= 11 is 0. The number of nitrogens with one attached hydrogen (secondary N) is 1. The van der Waals surface area contributed by atoms with E-state index < -0.39 is 16.1 Å². The fourth-order valence-electron chi connectivity index (χ4n) is 1.70. The fourth-order valence-corrected chi connectivity index (χ4v) is 2.77. The molecular weight excluding hydrogens is 298 g/mol. The van der Waals surface area contributed by atoms with Gasteiger partial charge in [-0.2, -0.15) is 0 Å². The second-order valence-corrected chi connectivity index (χ2v) is 6.08. The van der Waals surface area contributed by atoms with E-state index >= 15 is 0 Å². The quantitative estimate of drug-likeness (QED) is 0.683. The molecule has 0 spiro atoms. The molecule has 2 N–H and O–H groups in total. The average molecular weight is 319 g/mol. The third-order valence-electron chi connectivity index (χ3n) is 2.79. The minimum absolute atomic E-state index is 0.0707. The van der Waals surface area contributed by atoms with Crippen molar-refractivity contribution in [3.05, 3.63) is 18.2 Å². The van der Waals surface area contributed by atoms with Crippen LogP contribution in [0.3, 0.4) is 0 Å². The zero-order chi connectivity index (χ0) is 15.9. The van der Waals surface area contributed by atoms with Crippen molar-refractivity contribution in [3.8, 4) is 11.5 Å². The molecule has 1 aromatic carbocycles. The zero-order valence-corrected chi connectivity index (χ0v) is 13.1. The van der Waals surface area contributed by atoms with E-state index in [1.54, 1.807) is 0 Å². The van der Waals surface area contributed by atoms with Gasteiger partial charge in [-0.1, -0.05) is 0 Å². The van der Waals surface area contributed by atoms with Crippen molar-refractivity contribution in [2.24, 2.45) is 0 Å². The summed E-state index contributed by atoms with van der Waals surface area (Å²) in [6.07, 6.45) is -0.441. The highest BCUT2D eigenvalue weighted by Gasteiger charge is 2.17. The Balaban J connectivity index is 2.74. The molecule has 0 fully saturated rings. The number of aliphatic hydroxyl groups is 1. The Morgan fingerprint density at radius 2 is 1.86 bits per heavy atom. The van der Waals surface area contributed by atoms with E-state index in [2.05, 4.69) is 4.72 Å². The lowest BCUT2D eigenvalue weighted by Gasteiger charge is -2.12. The number of ether oxygens (including phenoxy) is 3. The number of rotatable bonds is 9. The molecule has 1 atom stereocenters. The first-order valence-electron chi connectivity index (χ1n) is 6.33. The van der Waals surface area contributed by atoms with Crippen LogP contribution in [0.2, 0.25) is 0 Å². The monoisotopic (exact) mass is 319 g/mol. The summed E-state index contributed by atoms with van der Waals surface area (Å²) in [5.41, 5.74) is 0. The van der Waals surface area contributed by atoms with E-state index in [1.807, 2.05) is 0 Å². The van der Waals surface area contributed by atoms with Crippen molar-refractivity contribution in [1.29, 1.82) is 0 Å². The highest BCUT2D eigenvalue weighted by molar-refractivity contribution is 7.89. The van der Waals surface area contributed by atoms with Crippen molar-refractivity contribution >= 4 is 10.0 Å². The van der Waals surface area contributed by atoms with Crippen LogP contribution in [0.25, 0.3) is 0 Å². The van der Waals surface area contributed by atoms with Crippen LogP contribution in [-0.2, 0) is 14.8 Å². The highest BCUT2D eigenvalue weighted by atomic mass is 32.2. The van der Waals surface area contributed by atoms with Gasteiger partial charge in [0.15, 0.2) is 11.5 Å². The van der Waals surface area contributed by atoms with Crippen LogP contribution in [-0.4, -0.2) is 54.1 Å². The molecule has 1 rings (SSSR count). The number of sulfonamides is 1. The molecule has 120 valence electrons. The SMILES string of the molecule is COCC(O)CCNS(=O)(=O)c1ccc(OC)c(OC)c1. The van der Waals surface area contributed by atoms with Gasteiger partial charge >= 0.3 is 0 Å². The van der Waals surface area contributed by atoms with Gasteiger partial charge in [0, 0.05) is 19.7 Å². The molecule has 0 amide bonds. The van der Waals surface area contributed by atoms with Crippen molar-refractivity contribution in [3.63, 3.8) is 0 Å². The minimum atomic E-state index is -3.67. The van der Waals surface area contributed by atoms with Crippen LogP contribution in [0.4, 0.5) is 0 Å². The summed E-state index contributed by atoms with van der Waals surface area (Å²) in [7, 11) is 0.710. The van der Waals surface area contributed by atoms with E-state index in [1.165, 1.54) is 39.5 Å². The molecule has 0 radical (unpaired) electrons. The third kappa shape index (κ3) is 5.16. The normalized spacial score (nSPS) is 13.0. The van der Waals surface area contributed by atoms with Crippen LogP contribution < -0.4 is 14.2 Å². The number of hydrogen-bond acceptors (Lipinski definition) is 6. The molecule has 1 aromatic rings. The lowest BCUT2D eigenvalue weighted by Crippen LogP contribution is -2.28. The maximum atomic E-state index is 12.1. The van der Waals surface area contributed by atoms with Crippen LogP contribution >= 0.6 is 0 Å². The maximum absolute atomic E-state index is 12.1. The molecule has 0 saturated heterocycles. The van der Waals surface area contributed by atoms with Gasteiger partial charge in [0.05, 0.1) is 31.8 Å². The topological polar surface area (TPSA) is 94.1 Å². The average Bonchev–Trinajstić information content (AvgIpc) is 2.46. The molecule has 1 unspecified atom stereocenters. The molecule has 0 bridgehead atoms. The highest BCUT2D eigenvalue weighted by Crippen LogP contribution is 2.29. The van der Waals surface area contributed by atoms with Crippen LogP contribution in [0.15, 0.2) is 23.1 Å². The Morgan fingerprint density at radius 1 is 1.19 bits per heavy atom. The first kappa shape index (κ1) is 17.7. The molecular formula is C13H21NO6S. The van der Waals surface area contributed by atoms with Crippen molar-refractivity contribution in [2.45, 2.75) is 17.4 Å². The smallest absolute Gasteiger partial charge is 0.240 e. The lowest BCUT2D eigenvalue weighted by molar-refractivity contribution is 0.0603. The number of methoxy groups -OCH3 is 3. The van der Waals surface area contributed by atoms with Gasteiger partial charge < -0.3 is 19.3 Å². The summed E-state index contributed by atoms with van der Waals surface area (Å²) in [4.78, 5) is 0.0707. The number of benzene rings is 1. The first-order chi connectivity index (χ1) is 9.94. The summed E-state index contributed by atoms with van der Waals surface area (Å²) in [5.74, 6) is 0.784. The first-order valence-corrected chi connectivity index (χ1v) is 7.81. The van der Waals surface area contributed by atoms with E-state index in [-0.39, 0.29) is 24.5 Å². The molecule has 8 heteroatoms. The molecule has 0 aliphatic heterocycles. The Kier molecular flexibility index (Phi) is 6.90. The molecule has 21 heavy (non-hydrogen) atoms. The van der Waals surface area contributed by atoms with Gasteiger partial charge in [-0.3, -0.25) is 0 Å². The Bertz CT molecular complexity index is 546. The van der Waals surface area contributed by atoms with Gasteiger partial charge in [-0.25, -0.2) is 13.1 Å². The van der Waals surface area contributed by atoms with Gasteiger partial charge in [0.2, 0.25) is 10.0 Å². The zero-order valence-electron chi connectivity index (χ0n) is 12.3. The second kappa shape index (κ2) is 8.18. The lowest BCUT2D eigenvalue weighted by atomic mass is 10.3. The minimum Gasteiger partial charge on any atom is -0.493 e. The Labute approximate surface area is 124 Å². The van der Waals surface area contributed by atoms with E-state index in [0.717, 1.165) is 0 Å². The van der Waals surface area contributed by atoms with Gasteiger partial charge in [0.25, 0.3) is 0 Å².